The summed E-state index contributed by atoms with van der Waals surface area (Å²) in [5.41, 5.74) is 2.92. The van der Waals surface area contributed by atoms with Crippen LogP contribution in [0.1, 0.15) is 29.1 Å². The molecule has 0 radical (unpaired) electrons. The number of benzene rings is 2. The number of methoxy groups -OCH3 is 2. The topological polar surface area (TPSA) is 59.8 Å². The minimum Gasteiger partial charge on any atom is -0.497 e. The Morgan fingerprint density at radius 2 is 1.83 bits per heavy atom. The monoisotopic (exact) mass is 503 g/mol. The van der Waals surface area contributed by atoms with Crippen LogP contribution in [0.4, 0.5) is 5.69 Å². The quantitative estimate of drug-likeness (QED) is 0.294. The molecular weight excluding hydrogens is 478 g/mol. The van der Waals surface area contributed by atoms with Gasteiger partial charge in [-0.05, 0) is 67.7 Å². The van der Waals surface area contributed by atoms with Crippen molar-refractivity contribution in [2.24, 2.45) is 0 Å². The standard InChI is InChI=1S/C27H25N3O3S2/c1-17-7-10-19(11-8-17)35-24-14-13-22(33-24)26-25(20-6-4-5-15-28-20)29-27(34)30(26)21-12-9-18(31-2)16-23(21)32-3/h4-16,25-26H,1-3H3,(H,29,34)/t25-,26+/m1/s1. The van der Waals surface area contributed by atoms with Crippen molar-refractivity contribution in [3.63, 3.8) is 0 Å². The fourth-order valence-corrected chi connectivity index (χ4v) is 5.28. The van der Waals surface area contributed by atoms with Gasteiger partial charge in [0, 0.05) is 17.2 Å². The average molecular weight is 504 g/mol. The SMILES string of the molecule is COc1ccc(N2C(=S)N[C@H](c3ccccn3)[C@@H]2c2ccc(Sc3ccc(C)cc3)o2)c(OC)c1. The first-order chi connectivity index (χ1) is 17.1. The molecule has 3 heterocycles. The van der Waals surface area contributed by atoms with Crippen LogP contribution in [0.3, 0.4) is 0 Å². The summed E-state index contributed by atoms with van der Waals surface area (Å²) in [6.07, 6.45) is 1.79. The molecule has 1 N–H and O–H groups in total. The third-order valence-corrected chi connectivity index (χ3v) is 7.12. The fourth-order valence-electron chi connectivity index (χ4n) is 4.16. The van der Waals surface area contributed by atoms with E-state index in [1.54, 1.807) is 32.2 Å². The molecule has 4 aromatic rings. The molecule has 2 aromatic heterocycles. The molecule has 2 aromatic carbocycles. The van der Waals surface area contributed by atoms with Gasteiger partial charge in [-0.15, -0.1) is 0 Å². The Kier molecular flexibility index (Phi) is 6.66. The summed E-state index contributed by atoms with van der Waals surface area (Å²) in [6.45, 7) is 2.08. The van der Waals surface area contributed by atoms with E-state index in [4.69, 9.17) is 26.1 Å². The Morgan fingerprint density at radius 3 is 2.54 bits per heavy atom. The number of aryl methyl sites for hydroxylation is 1. The van der Waals surface area contributed by atoms with Crippen molar-refractivity contribution >= 4 is 34.8 Å². The maximum atomic E-state index is 6.40. The molecule has 2 atom stereocenters. The van der Waals surface area contributed by atoms with Gasteiger partial charge in [-0.25, -0.2) is 0 Å². The first kappa shape index (κ1) is 23.3. The van der Waals surface area contributed by atoms with E-state index >= 15 is 0 Å². The predicted octanol–water partition coefficient (Wildman–Crippen LogP) is 6.33. The zero-order valence-corrected chi connectivity index (χ0v) is 21.2. The maximum absolute atomic E-state index is 6.40. The van der Waals surface area contributed by atoms with Crippen LogP contribution in [0.5, 0.6) is 11.5 Å². The molecule has 6 nitrogen and oxygen atoms in total. The van der Waals surface area contributed by atoms with E-state index in [1.807, 2.05) is 53.4 Å². The Bertz CT molecular complexity index is 1330. The summed E-state index contributed by atoms with van der Waals surface area (Å²) in [5, 5.41) is 4.83. The predicted molar refractivity (Wildman–Crippen MR) is 141 cm³/mol. The summed E-state index contributed by atoms with van der Waals surface area (Å²) in [5.74, 6) is 2.14. The van der Waals surface area contributed by atoms with Gasteiger partial charge < -0.3 is 24.1 Å². The van der Waals surface area contributed by atoms with Crippen LogP contribution in [0.15, 0.2) is 93.4 Å². The molecule has 8 heteroatoms. The molecular formula is C27H25N3O3S2. The maximum Gasteiger partial charge on any atom is 0.174 e. The molecule has 5 rings (SSSR count). The third-order valence-electron chi connectivity index (χ3n) is 5.88. The first-order valence-electron chi connectivity index (χ1n) is 11.1. The van der Waals surface area contributed by atoms with Gasteiger partial charge in [-0.3, -0.25) is 4.98 Å². The van der Waals surface area contributed by atoms with Crippen molar-refractivity contribution in [3.8, 4) is 11.5 Å². The van der Waals surface area contributed by atoms with E-state index in [1.165, 1.54) is 5.56 Å². The number of pyridine rings is 1. The second-order valence-corrected chi connectivity index (χ2v) is 9.57. The highest BCUT2D eigenvalue weighted by Gasteiger charge is 2.43. The van der Waals surface area contributed by atoms with Crippen LogP contribution in [0.2, 0.25) is 0 Å². The minimum atomic E-state index is -0.271. The second-order valence-electron chi connectivity index (χ2n) is 8.11. The number of furan rings is 1. The van der Waals surface area contributed by atoms with Crippen LogP contribution in [0.25, 0.3) is 0 Å². The summed E-state index contributed by atoms with van der Waals surface area (Å²) >= 11 is 7.41. The summed E-state index contributed by atoms with van der Waals surface area (Å²) < 4.78 is 17.5. The number of thiocarbonyl (C=S) groups is 1. The van der Waals surface area contributed by atoms with E-state index in [9.17, 15) is 0 Å². The summed E-state index contributed by atoms with van der Waals surface area (Å²) in [6, 6.07) is 23.5. The van der Waals surface area contributed by atoms with Gasteiger partial charge in [0.25, 0.3) is 0 Å². The molecule has 35 heavy (non-hydrogen) atoms. The van der Waals surface area contributed by atoms with Crippen molar-refractivity contribution < 1.29 is 13.9 Å². The highest BCUT2D eigenvalue weighted by Crippen LogP contribution is 2.46. The van der Waals surface area contributed by atoms with E-state index < -0.39 is 0 Å². The van der Waals surface area contributed by atoms with E-state index in [0.29, 0.717) is 16.6 Å². The van der Waals surface area contributed by atoms with Crippen molar-refractivity contribution in [2.75, 3.05) is 19.1 Å². The Labute approximate surface area is 214 Å². The van der Waals surface area contributed by atoms with Crippen LogP contribution in [-0.4, -0.2) is 24.3 Å². The largest absolute Gasteiger partial charge is 0.497 e. The van der Waals surface area contributed by atoms with Crippen molar-refractivity contribution in [3.05, 3.63) is 96.0 Å². The first-order valence-corrected chi connectivity index (χ1v) is 12.4. The molecule has 0 aliphatic carbocycles. The van der Waals surface area contributed by atoms with Gasteiger partial charge in [0.1, 0.15) is 23.3 Å². The Morgan fingerprint density at radius 1 is 1.00 bits per heavy atom. The number of rotatable bonds is 7. The molecule has 0 amide bonds. The minimum absolute atomic E-state index is 0.209. The second kappa shape index (κ2) is 10.0. The number of hydrogen-bond donors (Lipinski definition) is 1. The highest BCUT2D eigenvalue weighted by atomic mass is 32.2. The third kappa shape index (κ3) is 4.72. The summed E-state index contributed by atoms with van der Waals surface area (Å²) in [4.78, 5) is 7.76. The van der Waals surface area contributed by atoms with Gasteiger partial charge in [-0.2, -0.15) is 0 Å². The Hall–Kier alpha value is -3.49. The van der Waals surface area contributed by atoms with Gasteiger partial charge in [0.15, 0.2) is 10.2 Å². The van der Waals surface area contributed by atoms with Crippen molar-refractivity contribution in [1.82, 2.24) is 10.3 Å². The zero-order valence-electron chi connectivity index (χ0n) is 19.6. The zero-order chi connectivity index (χ0) is 24.4. The van der Waals surface area contributed by atoms with E-state index in [0.717, 1.165) is 27.1 Å². The van der Waals surface area contributed by atoms with Gasteiger partial charge in [0.05, 0.1) is 31.6 Å². The number of nitrogens with zero attached hydrogens (tertiary/aromatic N) is 2. The molecule has 178 valence electrons. The van der Waals surface area contributed by atoms with Crippen LogP contribution in [-0.2, 0) is 0 Å². The Balaban J connectivity index is 1.55. The van der Waals surface area contributed by atoms with E-state index in [-0.39, 0.29) is 12.1 Å². The summed E-state index contributed by atoms with van der Waals surface area (Å²) in [7, 11) is 3.27. The molecule has 1 fully saturated rings. The van der Waals surface area contributed by atoms with Crippen LogP contribution >= 0.6 is 24.0 Å². The molecule has 1 aliphatic rings. The number of anilines is 1. The average Bonchev–Trinajstić information content (AvgIpc) is 3.49. The molecule has 0 saturated carbocycles. The van der Waals surface area contributed by atoms with Gasteiger partial charge in [-0.1, -0.05) is 35.5 Å². The number of nitrogens with one attached hydrogen (secondary N) is 1. The van der Waals surface area contributed by atoms with Crippen molar-refractivity contribution in [1.29, 1.82) is 0 Å². The molecule has 1 aliphatic heterocycles. The number of ether oxygens (including phenoxy) is 2. The lowest BCUT2D eigenvalue weighted by Crippen LogP contribution is -2.29. The molecule has 0 bridgehead atoms. The van der Waals surface area contributed by atoms with E-state index in [2.05, 4.69) is 41.5 Å². The molecule has 1 saturated heterocycles. The molecule has 0 unspecified atom stereocenters. The highest BCUT2D eigenvalue weighted by molar-refractivity contribution is 7.99. The fraction of sp³-hybridized carbons (Fsp3) is 0.185. The smallest absolute Gasteiger partial charge is 0.174 e. The van der Waals surface area contributed by atoms with Gasteiger partial charge in [0.2, 0.25) is 0 Å². The normalized spacial score (nSPS) is 17.3. The van der Waals surface area contributed by atoms with Crippen molar-refractivity contribution in [2.45, 2.75) is 29.0 Å². The number of aromatic nitrogens is 1. The van der Waals surface area contributed by atoms with Crippen LogP contribution < -0.4 is 19.7 Å². The lowest BCUT2D eigenvalue weighted by Gasteiger charge is -2.27. The lowest BCUT2D eigenvalue weighted by molar-refractivity contribution is 0.378. The van der Waals surface area contributed by atoms with Gasteiger partial charge >= 0.3 is 0 Å². The van der Waals surface area contributed by atoms with Crippen LogP contribution in [0, 0.1) is 6.92 Å². The molecule has 0 spiro atoms. The lowest BCUT2D eigenvalue weighted by atomic mass is 10.0. The number of hydrogen-bond acceptors (Lipinski definition) is 6.